The third kappa shape index (κ3) is 2.33. The van der Waals surface area contributed by atoms with Crippen molar-refractivity contribution in [2.75, 3.05) is 24.5 Å². The van der Waals surface area contributed by atoms with Crippen molar-refractivity contribution in [3.05, 3.63) is 40.5 Å². The molecule has 1 saturated heterocycles. The summed E-state index contributed by atoms with van der Waals surface area (Å²) in [7, 11) is 1.98. The molecule has 1 fully saturated rings. The lowest BCUT2D eigenvalue weighted by Crippen LogP contribution is -2.55. The lowest BCUT2D eigenvalue weighted by Gasteiger charge is -2.42. The number of carbonyl (C=O) groups excluding carboxylic acids is 1. The van der Waals surface area contributed by atoms with Crippen LogP contribution in [0.15, 0.2) is 30.0 Å². The Labute approximate surface area is 149 Å². The molecular weight excluding hydrogens is 334 g/mol. The Hall–Kier alpha value is -2.41. The van der Waals surface area contributed by atoms with Crippen LogP contribution in [0.2, 0.25) is 0 Å². The SMILES string of the molecule is Cn1ccc2c(N3CC(C(=O)N4CCc5sccc5C4)C3)ncnc21. The number of anilines is 1. The Morgan fingerprint density at radius 2 is 2.16 bits per heavy atom. The molecule has 0 spiro atoms. The maximum absolute atomic E-state index is 12.8. The van der Waals surface area contributed by atoms with Crippen molar-refractivity contribution in [3.8, 4) is 0 Å². The van der Waals surface area contributed by atoms with Gasteiger partial charge in [-0.2, -0.15) is 0 Å². The van der Waals surface area contributed by atoms with Crippen LogP contribution in [0, 0.1) is 5.92 Å². The maximum atomic E-state index is 12.8. The van der Waals surface area contributed by atoms with Crippen LogP contribution < -0.4 is 4.90 Å². The van der Waals surface area contributed by atoms with E-state index in [4.69, 9.17) is 0 Å². The molecule has 5 heterocycles. The van der Waals surface area contributed by atoms with Gasteiger partial charge in [0.15, 0.2) is 0 Å². The lowest BCUT2D eigenvalue weighted by atomic mass is 9.96. The van der Waals surface area contributed by atoms with Crippen molar-refractivity contribution < 1.29 is 4.79 Å². The Kier molecular flexibility index (Phi) is 3.31. The molecule has 0 bridgehead atoms. The molecule has 0 aliphatic carbocycles. The summed E-state index contributed by atoms with van der Waals surface area (Å²) >= 11 is 1.81. The topological polar surface area (TPSA) is 54.3 Å². The quantitative estimate of drug-likeness (QED) is 0.708. The van der Waals surface area contributed by atoms with E-state index in [2.05, 4.69) is 26.3 Å². The minimum atomic E-state index is 0.0777. The van der Waals surface area contributed by atoms with Crippen LogP contribution >= 0.6 is 11.3 Å². The first-order valence-electron chi connectivity index (χ1n) is 8.56. The van der Waals surface area contributed by atoms with E-state index in [1.807, 2.05) is 28.8 Å². The van der Waals surface area contributed by atoms with Crippen LogP contribution in [0.4, 0.5) is 5.82 Å². The molecule has 1 amide bonds. The molecule has 0 N–H and O–H groups in total. The molecule has 0 atom stereocenters. The second kappa shape index (κ2) is 5.56. The van der Waals surface area contributed by atoms with Crippen molar-refractivity contribution >= 4 is 34.1 Å². The fraction of sp³-hybridized carbons (Fsp3) is 0.389. The first kappa shape index (κ1) is 14.9. The predicted molar refractivity (Wildman–Crippen MR) is 97.7 cm³/mol. The normalized spacial score (nSPS) is 17.6. The summed E-state index contributed by atoms with van der Waals surface area (Å²) in [6.07, 6.45) is 4.60. The number of hydrogen-bond donors (Lipinski definition) is 0. The number of rotatable bonds is 2. The van der Waals surface area contributed by atoms with Gasteiger partial charge < -0.3 is 14.4 Å². The summed E-state index contributed by atoms with van der Waals surface area (Å²) in [5.74, 6) is 1.30. The Morgan fingerprint density at radius 3 is 3.04 bits per heavy atom. The number of amides is 1. The Bertz CT molecular complexity index is 955. The average Bonchev–Trinajstić information content (AvgIpc) is 3.20. The molecule has 7 heteroatoms. The summed E-state index contributed by atoms with van der Waals surface area (Å²) in [5, 5.41) is 3.18. The minimum Gasteiger partial charge on any atom is -0.354 e. The van der Waals surface area contributed by atoms with Crippen molar-refractivity contribution in [2.24, 2.45) is 13.0 Å². The van der Waals surface area contributed by atoms with E-state index in [9.17, 15) is 4.79 Å². The van der Waals surface area contributed by atoms with Crippen molar-refractivity contribution in [3.63, 3.8) is 0 Å². The van der Waals surface area contributed by atoms with Gasteiger partial charge in [-0.15, -0.1) is 11.3 Å². The molecule has 5 rings (SSSR count). The zero-order chi connectivity index (χ0) is 17.0. The lowest BCUT2D eigenvalue weighted by molar-refractivity contribution is -0.137. The Morgan fingerprint density at radius 1 is 1.28 bits per heavy atom. The van der Waals surface area contributed by atoms with E-state index in [-0.39, 0.29) is 11.8 Å². The monoisotopic (exact) mass is 353 g/mol. The van der Waals surface area contributed by atoms with E-state index in [1.165, 1.54) is 10.4 Å². The molecule has 2 aliphatic rings. The van der Waals surface area contributed by atoms with Gasteiger partial charge in [0, 0.05) is 44.3 Å². The standard InChI is InChI=1S/C18H19N5OS/c1-21-5-2-14-16(21)19-11-20-17(14)23-9-13(10-23)18(24)22-6-3-15-12(8-22)4-7-25-15/h2,4-5,7,11,13H,3,6,8-10H2,1H3. The zero-order valence-electron chi connectivity index (χ0n) is 14.1. The van der Waals surface area contributed by atoms with Crippen LogP contribution in [0.25, 0.3) is 11.0 Å². The number of aryl methyl sites for hydroxylation is 1. The van der Waals surface area contributed by atoms with E-state index >= 15 is 0 Å². The third-order valence-electron chi connectivity index (χ3n) is 5.29. The summed E-state index contributed by atoms with van der Waals surface area (Å²) in [5.41, 5.74) is 2.25. The molecule has 128 valence electrons. The average molecular weight is 353 g/mol. The smallest absolute Gasteiger partial charge is 0.229 e. The number of hydrogen-bond acceptors (Lipinski definition) is 5. The fourth-order valence-electron chi connectivity index (χ4n) is 3.82. The number of thiophene rings is 1. The number of fused-ring (bicyclic) bond motifs is 2. The van der Waals surface area contributed by atoms with Gasteiger partial charge in [0.1, 0.15) is 17.8 Å². The molecular formula is C18H19N5OS. The molecule has 6 nitrogen and oxygen atoms in total. The van der Waals surface area contributed by atoms with Gasteiger partial charge in [0.25, 0.3) is 0 Å². The van der Waals surface area contributed by atoms with Gasteiger partial charge in [-0.1, -0.05) is 0 Å². The van der Waals surface area contributed by atoms with E-state index in [0.29, 0.717) is 0 Å². The van der Waals surface area contributed by atoms with Crippen LogP contribution in [-0.2, 0) is 24.8 Å². The van der Waals surface area contributed by atoms with Crippen molar-refractivity contribution in [2.45, 2.75) is 13.0 Å². The van der Waals surface area contributed by atoms with Crippen LogP contribution in [-0.4, -0.2) is 45.0 Å². The minimum absolute atomic E-state index is 0.0777. The number of nitrogens with zero attached hydrogens (tertiary/aromatic N) is 5. The number of carbonyl (C=O) groups is 1. The third-order valence-corrected chi connectivity index (χ3v) is 6.31. The van der Waals surface area contributed by atoms with Gasteiger partial charge in [-0.25, -0.2) is 9.97 Å². The van der Waals surface area contributed by atoms with Gasteiger partial charge in [0.05, 0.1) is 11.3 Å². The van der Waals surface area contributed by atoms with Gasteiger partial charge in [-0.05, 0) is 29.5 Å². The van der Waals surface area contributed by atoms with Gasteiger partial charge in [-0.3, -0.25) is 4.79 Å². The second-order valence-corrected chi connectivity index (χ2v) is 7.84. The molecule has 25 heavy (non-hydrogen) atoms. The highest BCUT2D eigenvalue weighted by Gasteiger charge is 2.37. The molecule has 3 aromatic rings. The first-order valence-corrected chi connectivity index (χ1v) is 9.43. The van der Waals surface area contributed by atoms with Gasteiger partial charge >= 0.3 is 0 Å². The molecule has 2 aliphatic heterocycles. The highest BCUT2D eigenvalue weighted by atomic mass is 32.1. The molecule has 0 unspecified atom stereocenters. The molecule has 0 saturated carbocycles. The molecule has 3 aromatic heterocycles. The molecule has 0 radical (unpaired) electrons. The van der Waals surface area contributed by atoms with Crippen LogP contribution in [0.1, 0.15) is 10.4 Å². The fourth-order valence-corrected chi connectivity index (χ4v) is 4.71. The van der Waals surface area contributed by atoms with Gasteiger partial charge in [0.2, 0.25) is 5.91 Å². The second-order valence-electron chi connectivity index (χ2n) is 6.84. The maximum Gasteiger partial charge on any atom is 0.229 e. The Balaban J connectivity index is 1.29. The summed E-state index contributed by atoms with van der Waals surface area (Å²) in [6, 6.07) is 4.20. The van der Waals surface area contributed by atoms with Crippen LogP contribution in [0.3, 0.4) is 0 Å². The largest absolute Gasteiger partial charge is 0.354 e. The summed E-state index contributed by atoms with van der Waals surface area (Å²) < 4.78 is 2.00. The summed E-state index contributed by atoms with van der Waals surface area (Å²) in [6.45, 7) is 3.10. The van der Waals surface area contributed by atoms with Crippen molar-refractivity contribution in [1.29, 1.82) is 0 Å². The van der Waals surface area contributed by atoms with E-state index in [0.717, 1.165) is 49.5 Å². The summed E-state index contributed by atoms with van der Waals surface area (Å²) in [4.78, 5) is 27.3. The first-order chi connectivity index (χ1) is 12.2. The zero-order valence-corrected chi connectivity index (χ0v) is 14.9. The van der Waals surface area contributed by atoms with Crippen LogP contribution in [0.5, 0.6) is 0 Å². The number of aromatic nitrogens is 3. The highest BCUT2D eigenvalue weighted by molar-refractivity contribution is 7.10. The highest BCUT2D eigenvalue weighted by Crippen LogP contribution is 2.31. The molecule has 0 aromatic carbocycles. The van der Waals surface area contributed by atoms with E-state index in [1.54, 1.807) is 17.7 Å². The predicted octanol–water partition coefficient (Wildman–Crippen LogP) is 2.05. The van der Waals surface area contributed by atoms with Crippen molar-refractivity contribution in [1.82, 2.24) is 19.4 Å². The van der Waals surface area contributed by atoms with E-state index < -0.39 is 0 Å².